The highest BCUT2D eigenvalue weighted by Crippen LogP contribution is 2.24. The second-order valence-electron chi connectivity index (χ2n) is 7.61. The number of benzene rings is 1. The first-order valence-electron chi connectivity index (χ1n) is 10.8. The number of nitrogens with one attached hydrogen (secondary N) is 2. The Morgan fingerprint density at radius 3 is 2.66 bits per heavy atom. The van der Waals surface area contributed by atoms with E-state index in [4.69, 9.17) is 14.7 Å². The molecule has 0 saturated carbocycles. The smallest absolute Gasteiger partial charge is 0.226 e. The van der Waals surface area contributed by atoms with Gasteiger partial charge in [-0.1, -0.05) is 24.3 Å². The van der Waals surface area contributed by atoms with Gasteiger partial charge in [-0.05, 0) is 23.8 Å². The Morgan fingerprint density at radius 1 is 0.969 bits per heavy atom. The maximum atomic E-state index is 5.43. The second-order valence-corrected chi connectivity index (χ2v) is 7.61. The van der Waals surface area contributed by atoms with Crippen molar-refractivity contribution < 1.29 is 4.74 Å². The van der Waals surface area contributed by atoms with E-state index in [0.717, 1.165) is 61.8 Å². The molecule has 0 unspecified atom stereocenters. The molecule has 0 bridgehead atoms. The Morgan fingerprint density at radius 2 is 1.84 bits per heavy atom. The van der Waals surface area contributed by atoms with Crippen LogP contribution in [0.1, 0.15) is 5.56 Å². The second kappa shape index (κ2) is 9.71. The number of para-hydroxylation sites is 1. The fourth-order valence-corrected chi connectivity index (χ4v) is 3.72. The Hall–Kier alpha value is -3.56. The molecular weight excluding hydrogens is 404 g/mol. The van der Waals surface area contributed by atoms with Gasteiger partial charge in [0.15, 0.2) is 17.0 Å². The predicted molar refractivity (Wildman–Crippen MR) is 124 cm³/mol. The molecule has 1 saturated heterocycles. The summed E-state index contributed by atoms with van der Waals surface area (Å²) in [4.78, 5) is 20.7. The van der Waals surface area contributed by atoms with Crippen LogP contribution in [0.25, 0.3) is 16.9 Å². The summed E-state index contributed by atoms with van der Waals surface area (Å²) in [5.74, 6) is 1.28. The van der Waals surface area contributed by atoms with Crippen molar-refractivity contribution in [1.29, 1.82) is 0 Å². The maximum Gasteiger partial charge on any atom is 0.226 e. The lowest BCUT2D eigenvalue weighted by molar-refractivity contribution is 0.0398. The third kappa shape index (κ3) is 4.68. The molecule has 3 aromatic heterocycles. The van der Waals surface area contributed by atoms with Crippen molar-refractivity contribution >= 4 is 22.9 Å². The zero-order valence-electron chi connectivity index (χ0n) is 17.8. The van der Waals surface area contributed by atoms with E-state index in [-0.39, 0.29) is 0 Å². The molecule has 0 aliphatic carbocycles. The van der Waals surface area contributed by atoms with E-state index in [0.29, 0.717) is 18.3 Å². The molecule has 0 amide bonds. The largest absolute Gasteiger partial charge is 0.379 e. The summed E-state index contributed by atoms with van der Waals surface area (Å²) in [7, 11) is 0. The van der Waals surface area contributed by atoms with Gasteiger partial charge in [-0.2, -0.15) is 9.97 Å². The highest BCUT2D eigenvalue weighted by molar-refractivity contribution is 5.85. The first-order chi connectivity index (χ1) is 15.9. The summed E-state index contributed by atoms with van der Waals surface area (Å²) in [5, 5.41) is 6.81. The van der Waals surface area contributed by atoms with Crippen molar-refractivity contribution in [2.75, 3.05) is 50.0 Å². The van der Waals surface area contributed by atoms with Gasteiger partial charge in [-0.15, -0.1) is 0 Å². The van der Waals surface area contributed by atoms with E-state index in [2.05, 4.69) is 25.5 Å². The topological polar surface area (TPSA) is 93.0 Å². The average Bonchev–Trinajstić information content (AvgIpc) is 3.29. The molecule has 1 aliphatic rings. The molecule has 5 rings (SSSR count). The Balaban J connectivity index is 1.41. The summed E-state index contributed by atoms with van der Waals surface area (Å²) in [5.41, 5.74) is 3.57. The molecule has 2 N–H and O–H groups in total. The van der Waals surface area contributed by atoms with Crippen molar-refractivity contribution in [1.82, 2.24) is 29.4 Å². The van der Waals surface area contributed by atoms with E-state index in [1.807, 2.05) is 53.2 Å². The van der Waals surface area contributed by atoms with Crippen LogP contribution < -0.4 is 10.6 Å². The fraction of sp³-hybridized carbons (Fsp3) is 0.304. The number of imidazole rings is 1. The van der Waals surface area contributed by atoms with Crippen molar-refractivity contribution in [3.63, 3.8) is 0 Å². The van der Waals surface area contributed by atoms with Crippen LogP contribution in [0.4, 0.5) is 11.8 Å². The Labute approximate surface area is 186 Å². The Kier molecular flexibility index (Phi) is 6.18. The first kappa shape index (κ1) is 20.3. The van der Waals surface area contributed by atoms with Crippen molar-refractivity contribution in [3.8, 4) is 5.69 Å². The maximum absolute atomic E-state index is 5.43. The van der Waals surface area contributed by atoms with Gasteiger partial charge in [-0.3, -0.25) is 14.5 Å². The van der Waals surface area contributed by atoms with Crippen molar-refractivity contribution in [3.05, 3.63) is 66.7 Å². The summed E-state index contributed by atoms with van der Waals surface area (Å²) < 4.78 is 7.41. The van der Waals surface area contributed by atoms with Gasteiger partial charge in [0, 0.05) is 50.8 Å². The molecule has 4 aromatic rings. The molecule has 4 heterocycles. The normalized spacial score (nSPS) is 14.5. The number of ether oxygens (including phenoxy) is 1. The lowest BCUT2D eigenvalue weighted by atomic mass is 10.3. The summed E-state index contributed by atoms with van der Waals surface area (Å²) in [6.07, 6.45) is 5.40. The minimum atomic E-state index is 0.581. The van der Waals surface area contributed by atoms with E-state index in [1.54, 1.807) is 12.5 Å². The fourth-order valence-electron chi connectivity index (χ4n) is 3.72. The number of morpholine rings is 1. The van der Waals surface area contributed by atoms with Gasteiger partial charge in [0.1, 0.15) is 6.33 Å². The molecule has 32 heavy (non-hydrogen) atoms. The molecule has 1 fully saturated rings. The number of fused-ring (bicyclic) bond motifs is 1. The number of hydrogen-bond acceptors (Lipinski definition) is 8. The Bertz CT molecular complexity index is 1140. The van der Waals surface area contributed by atoms with E-state index in [9.17, 15) is 0 Å². The summed E-state index contributed by atoms with van der Waals surface area (Å²) in [6, 6.07) is 14.0. The van der Waals surface area contributed by atoms with E-state index in [1.165, 1.54) is 0 Å². The van der Waals surface area contributed by atoms with E-state index >= 15 is 0 Å². The minimum absolute atomic E-state index is 0.581. The van der Waals surface area contributed by atoms with Crippen LogP contribution in [0.3, 0.4) is 0 Å². The van der Waals surface area contributed by atoms with Crippen molar-refractivity contribution in [2.24, 2.45) is 0 Å². The zero-order chi connectivity index (χ0) is 21.6. The van der Waals surface area contributed by atoms with Gasteiger partial charge in [0.05, 0.1) is 13.2 Å². The quantitative estimate of drug-likeness (QED) is 0.441. The summed E-state index contributed by atoms with van der Waals surface area (Å²) >= 11 is 0. The molecule has 164 valence electrons. The number of pyridine rings is 1. The molecule has 0 radical (unpaired) electrons. The monoisotopic (exact) mass is 430 g/mol. The highest BCUT2D eigenvalue weighted by atomic mass is 16.5. The van der Waals surface area contributed by atoms with Gasteiger partial charge >= 0.3 is 0 Å². The number of rotatable bonds is 8. The SMILES string of the molecule is c1ccc(-n2cnc3c(NCc4cccnc4)nc(NCCN4CCOCC4)nc32)cc1. The third-order valence-electron chi connectivity index (χ3n) is 5.43. The van der Waals surface area contributed by atoms with Crippen LogP contribution in [-0.2, 0) is 11.3 Å². The van der Waals surface area contributed by atoms with Gasteiger partial charge in [0.2, 0.25) is 5.95 Å². The van der Waals surface area contributed by atoms with Crippen LogP contribution >= 0.6 is 0 Å². The average molecular weight is 431 g/mol. The standard InChI is InChI=1S/C23H26N8O/c1-2-6-19(7-3-1)31-17-27-20-21(26-16-18-5-4-8-24-15-18)28-23(29-22(20)31)25-9-10-30-11-13-32-14-12-30/h1-8,15,17H,9-14,16H2,(H2,25,26,28,29). The number of hydrogen-bond donors (Lipinski definition) is 2. The molecule has 1 aromatic carbocycles. The zero-order valence-corrected chi connectivity index (χ0v) is 17.8. The van der Waals surface area contributed by atoms with Crippen LogP contribution in [0.5, 0.6) is 0 Å². The van der Waals surface area contributed by atoms with E-state index < -0.39 is 0 Å². The van der Waals surface area contributed by atoms with Gasteiger partial charge in [-0.25, -0.2) is 4.98 Å². The van der Waals surface area contributed by atoms with Gasteiger partial charge < -0.3 is 15.4 Å². The third-order valence-corrected chi connectivity index (χ3v) is 5.43. The van der Waals surface area contributed by atoms with Gasteiger partial charge in [0.25, 0.3) is 0 Å². The first-order valence-corrected chi connectivity index (χ1v) is 10.8. The van der Waals surface area contributed by atoms with Crippen LogP contribution in [0.2, 0.25) is 0 Å². The number of nitrogens with zero attached hydrogens (tertiary/aromatic N) is 6. The molecular formula is C23H26N8O. The lowest BCUT2D eigenvalue weighted by Crippen LogP contribution is -2.39. The highest BCUT2D eigenvalue weighted by Gasteiger charge is 2.15. The predicted octanol–water partition coefficient (Wildman–Crippen LogP) is 2.57. The van der Waals surface area contributed by atoms with Crippen LogP contribution in [0, 0.1) is 0 Å². The molecule has 0 atom stereocenters. The van der Waals surface area contributed by atoms with Crippen LogP contribution in [-0.4, -0.2) is 68.8 Å². The summed E-state index contributed by atoms with van der Waals surface area (Å²) in [6.45, 7) is 5.78. The van der Waals surface area contributed by atoms with Crippen molar-refractivity contribution in [2.45, 2.75) is 6.54 Å². The lowest BCUT2D eigenvalue weighted by Gasteiger charge is -2.26. The molecule has 0 spiro atoms. The minimum Gasteiger partial charge on any atom is -0.379 e. The number of aromatic nitrogens is 5. The molecule has 9 heteroatoms. The molecule has 1 aliphatic heterocycles. The number of anilines is 2. The molecule has 9 nitrogen and oxygen atoms in total. The van der Waals surface area contributed by atoms with Crippen LogP contribution in [0.15, 0.2) is 61.2 Å².